The van der Waals surface area contributed by atoms with Crippen LogP contribution in [0.3, 0.4) is 0 Å². The summed E-state index contributed by atoms with van der Waals surface area (Å²) >= 11 is 0. The molecule has 114 valence electrons. The molecule has 3 rings (SSSR count). The largest absolute Gasteiger partial charge is 0.469 e. The molecule has 1 heterocycles. The molecule has 22 heavy (non-hydrogen) atoms. The molecule has 0 spiro atoms. The second-order valence-electron chi connectivity index (χ2n) is 5.93. The van der Waals surface area contributed by atoms with Crippen molar-refractivity contribution in [1.82, 2.24) is 0 Å². The van der Waals surface area contributed by atoms with Crippen LogP contribution in [0.4, 0.5) is 0 Å². The number of rotatable bonds is 5. The van der Waals surface area contributed by atoms with E-state index in [1.165, 1.54) is 0 Å². The van der Waals surface area contributed by atoms with E-state index in [9.17, 15) is 9.59 Å². The number of carbonyl (C=O) groups excluding carboxylic acids is 2. The van der Waals surface area contributed by atoms with Crippen molar-refractivity contribution in [3.05, 3.63) is 60.1 Å². The van der Waals surface area contributed by atoms with Crippen LogP contribution in [0.5, 0.6) is 0 Å². The van der Waals surface area contributed by atoms with Crippen LogP contribution in [-0.4, -0.2) is 11.6 Å². The van der Waals surface area contributed by atoms with E-state index in [0.717, 1.165) is 25.0 Å². The Bertz CT molecular complexity index is 628. The highest BCUT2D eigenvalue weighted by Crippen LogP contribution is 2.37. The lowest BCUT2D eigenvalue weighted by Gasteiger charge is -2.27. The van der Waals surface area contributed by atoms with Gasteiger partial charge in [0.15, 0.2) is 5.78 Å². The molecule has 2 aromatic rings. The summed E-state index contributed by atoms with van der Waals surface area (Å²) in [5.41, 5.74) is 0.697. The molecule has 3 nitrogen and oxygen atoms in total. The van der Waals surface area contributed by atoms with Gasteiger partial charge in [0.2, 0.25) is 0 Å². The van der Waals surface area contributed by atoms with Gasteiger partial charge in [0.05, 0.1) is 6.26 Å². The summed E-state index contributed by atoms with van der Waals surface area (Å²) in [7, 11) is 0. The Balaban J connectivity index is 1.83. The van der Waals surface area contributed by atoms with Gasteiger partial charge in [-0.15, -0.1) is 0 Å². The monoisotopic (exact) mass is 296 g/mol. The number of hydrogen-bond acceptors (Lipinski definition) is 3. The lowest BCUT2D eigenvalue weighted by molar-refractivity contribution is -0.125. The van der Waals surface area contributed by atoms with Crippen molar-refractivity contribution >= 4 is 11.6 Å². The molecule has 1 saturated carbocycles. The summed E-state index contributed by atoms with van der Waals surface area (Å²) in [5, 5.41) is 0. The number of Topliss-reactive ketones (excluding diaryl/α,β-unsaturated/α-hetero) is 2. The van der Waals surface area contributed by atoms with E-state index < -0.39 is 0 Å². The van der Waals surface area contributed by atoms with Crippen molar-refractivity contribution in [3.8, 4) is 0 Å². The maximum atomic E-state index is 12.5. The minimum absolute atomic E-state index is 0.0698. The summed E-state index contributed by atoms with van der Waals surface area (Å²) in [6, 6.07) is 13.0. The van der Waals surface area contributed by atoms with Crippen LogP contribution in [0.15, 0.2) is 53.1 Å². The third-order valence-corrected chi connectivity index (χ3v) is 4.50. The molecule has 1 aromatic heterocycles. The van der Waals surface area contributed by atoms with Gasteiger partial charge in [0.25, 0.3) is 0 Å². The number of hydrogen-bond donors (Lipinski definition) is 0. The summed E-state index contributed by atoms with van der Waals surface area (Å²) in [6.07, 6.45) is 5.43. The minimum atomic E-state index is -0.143. The smallest absolute Gasteiger partial charge is 0.163 e. The fourth-order valence-corrected chi connectivity index (χ4v) is 3.32. The fraction of sp³-hybridized carbons (Fsp3) is 0.368. The van der Waals surface area contributed by atoms with E-state index in [0.29, 0.717) is 18.4 Å². The SMILES string of the molecule is O=C(C[C@@H](c1ccco1)[C@@H]1CCCCC1=O)c1ccccc1. The lowest BCUT2D eigenvalue weighted by atomic mass is 9.75. The van der Waals surface area contributed by atoms with Gasteiger partial charge in [-0.3, -0.25) is 9.59 Å². The third-order valence-electron chi connectivity index (χ3n) is 4.50. The molecule has 1 aliphatic rings. The van der Waals surface area contributed by atoms with Crippen LogP contribution in [-0.2, 0) is 4.79 Å². The van der Waals surface area contributed by atoms with Gasteiger partial charge in [-0.05, 0) is 25.0 Å². The molecule has 0 N–H and O–H groups in total. The van der Waals surface area contributed by atoms with E-state index in [-0.39, 0.29) is 23.4 Å². The van der Waals surface area contributed by atoms with Gasteiger partial charge < -0.3 is 4.42 Å². The molecular formula is C19H20O3. The standard InChI is InChI=1S/C19H20O3/c20-17-10-5-4-9-15(17)16(19-11-6-12-22-19)13-18(21)14-7-2-1-3-8-14/h1-3,6-8,11-12,15-16H,4-5,9-10,13H2/t15-,16+/m0/s1. The van der Waals surface area contributed by atoms with Gasteiger partial charge in [0, 0.05) is 30.2 Å². The maximum absolute atomic E-state index is 12.5. The minimum Gasteiger partial charge on any atom is -0.469 e. The van der Waals surface area contributed by atoms with Crippen molar-refractivity contribution < 1.29 is 14.0 Å². The quantitative estimate of drug-likeness (QED) is 0.768. The van der Waals surface area contributed by atoms with Gasteiger partial charge in [0.1, 0.15) is 11.5 Å². The zero-order valence-electron chi connectivity index (χ0n) is 12.5. The Kier molecular flexibility index (Phi) is 4.52. The van der Waals surface area contributed by atoms with Gasteiger partial charge in [-0.1, -0.05) is 36.8 Å². The van der Waals surface area contributed by atoms with Crippen molar-refractivity contribution in [2.75, 3.05) is 0 Å². The molecule has 0 radical (unpaired) electrons. The van der Waals surface area contributed by atoms with Crippen molar-refractivity contribution in [3.63, 3.8) is 0 Å². The van der Waals surface area contributed by atoms with Crippen LogP contribution in [0.2, 0.25) is 0 Å². The van der Waals surface area contributed by atoms with E-state index >= 15 is 0 Å². The number of furan rings is 1. The third kappa shape index (κ3) is 3.19. The Morgan fingerprint density at radius 3 is 2.64 bits per heavy atom. The molecule has 0 amide bonds. The molecule has 1 aromatic carbocycles. The summed E-state index contributed by atoms with van der Waals surface area (Å²) in [4.78, 5) is 24.8. The first-order chi connectivity index (χ1) is 10.8. The Morgan fingerprint density at radius 2 is 1.95 bits per heavy atom. The van der Waals surface area contributed by atoms with Gasteiger partial charge in [-0.2, -0.15) is 0 Å². The normalized spacial score (nSPS) is 19.8. The van der Waals surface area contributed by atoms with Crippen LogP contribution in [0.25, 0.3) is 0 Å². The molecule has 0 aliphatic heterocycles. The number of benzene rings is 1. The predicted octanol–water partition coefficient (Wildman–Crippen LogP) is 4.40. The topological polar surface area (TPSA) is 47.3 Å². The van der Waals surface area contributed by atoms with Crippen molar-refractivity contribution in [2.45, 2.75) is 38.0 Å². The van der Waals surface area contributed by atoms with Gasteiger partial charge >= 0.3 is 0 Å². The van der Waals surface area contributed by atoms with Crippen LogP contribution < -0.4 is 0 Å². The van der Waals surface area contributed by atoms with E-state index in [1.807, 2.05) is 42.5 Å². The number of ketones is 2. The van der Waals surface area contributed by atoms with Crippen LogP contribution >= 0.6 is 0 Å². The molecule has 1 aliphatic carbocycles. The highest BCUT2D eigenvalue weighted by atomic mass is 16.3. The molecular weight excluding hydrogens is 276 g/mol. The molecule has 3 heteroatoms. The fourth-order valence-electron chi connectivity index (χ4n) is 3.32. The van der Waals surface area contributed by atoms with Crippen LogP contribution in [0, 0.1) is 5.92 Å². The predicted molar refractivity (Wildman–Crippen MR) is 83.8 cm³/mol. The van der Waals surface area contributed by atoms with E-state index in [4.69, 9.17) is 4.42 Å². The van der Waals surface area contributed by atoms with Crippen molar-refractivity contribution in [1.29, 1.82) is 0 Å². The molecule has 0 saturated heterocycles. The Morgan fingerprint density at radius 1 is 1.14 bits per heavy atom. The molecule has 0 bridgehead atoms. The second kappa shape index (κ2) is 6.73. The van der Waals surface area contributed by atoms with E-state index in [2.05, 4.69) is 0 Å². The average molecular weight is 296 g/mol. The highest BCUT2D eigenvalue weighted by Gasteiger charge is 2.34. The Hall–Kier alpha value is -2.16. The van der Waals surface area contributed by atoms with Crippen molar-refractivity contribution in [2.24, 2.45) is 5.92 Å². The highest BCUT2D eigenvalue weighted by molar-refractivity contribution is 5.97. The first-order valence-corrected chi connectivity index (χ1v) is 7.90. The Labute approximate surface area is 130 Å². The number of carbonyl (C=O) groups is 2. The maximum Gasteiger partial charge on any atom is 0.163 e. The zero-order chi connectivity index (χ0) is 15.4. The summed E-state index contributed by atoms with van der Waals surface area (Å²) in [5.74, 6) is 0.862. The molecule has 2 atom stereocenters. The summed E-state index contributed by atoms with van der Waals surface area (Å²) in [6.45, 7) is 0. The van der Waals surface area contributed by atoms with E-state index in [1.54, 1.807) is 6.26 Å². The first-order valence-electron chi connectivity index (χ1n) is 7.90. The van der Waals surface area contributed by atoms with Crippen LogP contribution in [0.1, 0.15) is 54.1 Å². The lowest BCUT2D eigenvalue weighted by Crippen LogP contribution is -2.27. The van der Waals surface area contributed by atoms with Gasteiger partial charge in [-0.25, -0.2) is 0 Å². The average Bonchev–Trinajstić information content (AvgIpc) is 3.08. The second-order valence-corrected chi connectivity index (χ2v) is 5.93. The summed E-state index contributed by atoms with van der Waals surface area (Å²) < 4.78 is 5.53. The molecule has 1 fully saturated rings. The first kappa shape index (κ1) is 14.8. The zero-order valence-corrected chi connectivity index (χ0v) is 12.5. The molecule has 0 unspecified atom stereocenters.